The van der Waals surface area contributed by atoms with E-state index in [9.17, 15) is 14.9 Å². The Balaban J connectivity index is 1.73. The van der Waals surface area contributed by atoms with Crippen LogP contribution in [0.2, 0.25) is 0 Å². The molecule has 5 nitrogen and oxygen atoms in total. The number of hydrogen-bond acceptors (Lipinski definition) is 4. The molecule has 0 unspecified atom stereocenters. The normalized spacial score (nSPS) is 13.4. The maximum Gasteiger partial charge on any atom is 0.269 e. The van der Waals surface area contributed by atoms with E-state index in [1.807, 2.05) is 6.07 Å². The van der Waals surface area contributed by atoms with Crippen LogP contribution in [0.5, 0.6) is 0 Å². The molecule has 0 saturated carbocycles. The average Bonchev–Trinajstić information content (AvgIpc) is 2.61. The number of non-ortho nitro benzene ring substituents is 1. The molecular weight excluding hydrogens is 336 g/mol. The molecule has 0 spiro atoms. The first kappa shape index (κ1) is 17.5. The highest BCUT2D eigenvalue weighted by Crippen LogP contribution is 2.31. The molecule has 0 N–H and O–H groups in total. The van der Waals surface area contributed by atoms with E-state index in [4.69, 9.17) is 0 Å². The number of nitro groups is 1. The highest BCUT2D eigenvalue weighted by Gasteiger charge is 2.24. The Morgan fingerprint density at radius 1 is 1.20 bits per heavy atom. The zero-order valence-electron chi connectivity index (χ0n) is 14.3. The fraction of sp³-hybridized carbons (Fsp3) is 0.316. The summed E-state index contributed by atoms with van der Waals surface area (Å²) in [6.07, 6.45) is 1.60. The van der Waals surface area contributed by atoms with E-state index in [1.165, 1.54) is 29.0 Å². The minimum absolute atomic E-state index is 0.0398. The lowest BCUT2D eigenvalue weighted by Gasteiger charge is -2.29. The van der Waals surface area contributed by atoms with Gasteiger partial charge < -0.3 is 4.90 Å². The van der Waals surface area contributed by atoms with Crippen LogP contribution < -0.4 is 4.90 Å². The lowest BCUT2D eigenvalue weighted by atomic mass is 10.0. The van der Waals surface area contributed by atoms with Crippen LogP contribution in [0.3, 0.4) is 0 Å². The van der Waals surface area contributed by atoms with Crippen LogP contribution in [0.15, 0.2) is 41.3 Å². The molecule has 25 heavy (non-hydrogen) atoms. The number of carbonyl (C=O) groups is 1. The van der Waals surface area contributed by atoms with Crippen molar-refractivity contribution in [2.45, 2.75) is 31.6 Å². The molecule has 0 atom stereocenters. The monoisotopic (exact) mass is 356 g/mol. The number of nitrogens with zero attached hydrogens (tertiary/aromatic N) is 2. The van der Waals surface area contributed by atoms with E-state index in [2.05, 4.69) is 26.0 Å². The highest BCUT2D eigenvalue weighted by atomic mass is 32.2. The van der Waals surface area contributed by atoms with E-state index in [1.54, 1.807) is 17.0 Å². The van der Waals surface area contributed by atoms with Crippen molar-refractivity contribution >= 4 is 29.0 Å². The number of thioether (sulfide) groups is 1. The minimum Gasteiger partial charge on any atom is -0.311 e. The van der Waals surface area contributed by atoms with Crippen molar-refractivity contribution < 1.29 is 9.72 Å². The second-order valence-electron chi connectivity index (χ2n) is 6.25. The molecule has 0 bridgehead atoms. The number of hydrogen-bond donors (Lipinski definition) is 0. The quantitative estimate of drug-likeness (QED) is 0.466. The van der Waals surface area contributed by atoms with E-state index in [0.29, 0.717) is 12.3 Å². The number of carbonyl (C=O) groups excluding carboxylic acids is 1. The van der Waals surface area contributed by atoms with E-state index in [-0.39, 0.29) is 11.6 Å². The van der Waals surface area contributed by atoms with Crippen LogP contribution in [-0.2, 0) is 11.2 Å². The summed E-state index contributed by atoms with van der Waals surface area (Å²) >= 11 is 1.53. The second-order valence-corrected chi connectivity index (χ2v) is 7.30. The zero-order valence-corrected chi connectivity index (χ0v) is 15.1. The molecule has 1 aliphatic heterocycles. The lowest BCUT2D eigenvalue weighted by molar-refractivity contribution is -0.384. The Hall–Kier alpha value is -2.34. The highest BCUT2D eigenvalue weighted by molar-refractivity contribution is 8.00. The number of aryl methyl sites for hydroxylation is 3. The summed E-state index contributed by atoms with van der Waals surface area (Å²) < 4.78 is 0. The lowest BCUT2D eigenvalue weighted by Crippen LogP contribution is -2.36. The van der Waals surface area contributed by atoms with Crippen molar-refractivity contribution in [3.63, 3.8) is 0 Å². The van der Waals surface area contributed by atoms with Gasteiger partial charge in [-0.1, -0.05) is 6.07 Å². The van der Waals surface area contributed by atoms with Crippen molar-refractivity contribution in [3.05, 3.63) is 63.2 Å². The molecule has 6 heteroatoms. The first-order chi connectivity index (χ1) is 12.0. The zero-order chi connectivity index (χ0) is 18.0. The molecule has 3 rings (SSSR count). The molecule has 0 saturated heterocycles. The van der Waals surface area contributed by atoms with Crippen molar-refractivity contribution in [1.29, 1.82) is 0 Å². The van der Waals surface area contributed by atoms with Gasteiger partial charge in [0.05, 0.1) is 10.7 Å². The van der Waals surface area contributed by atoms with Crippen LogP contribution in [-0.4, -0.2) is 23.1 Å². The van der Waals surface area contributed by atoms with Gasteiger partial charge >= 0.3 is 0 Å². The molecule has 130 valence electrons. The van der Waals surface area contributed by atoms with Gasteiger partial charge in [-0.3, -0.25) is 14.9 Å². The van der Waals surface area contributed by atoms with Gasteiger partial charge in [-0.15, -0.1) is 11.8 Å². The third-order valence-electron chi connectivity index (χ3n) is 4.53. The van der Waals surface area contributed by atoms with Crippen LogP contribution >= 0.6 is 11.8 Å². The van der Waals surface area contributed by atoms with Gasteiger partial charge in [0.1, 0.15) is 0 Å². The van der Waals surface area contributed by atoms with Crippen LogP contribution in [0.4, 0.5) is 11.4 Å². The van der Waals surface area contributed by atoms with Crippen LogP contribution in [0.1, 0.15) is 23.1 Å². The predicted octanol–water partition coefficient (Wildman–Crippen LogP) is 4.28. The van der Waals surface area contributed by atoms with Crippen molar-refractivity contribution in [1.82, 2.24) is 0 Å². The summed E-state index contributed by atoms with van der Waals surface area (Å²) in [5.74, 6) is 0.400. The maximum absolute atomic E-state index is 12.7. The van der Waals surface area contributed by atoms with Crippen molar-refractivity contribution in [3.8, 4) is 0 Å². The van der Waals surface area contributed by atoms with Gasteiger partial charge in [-0.25, -0.2) is 0 Å². The summed E-state index contributed by atoms with van der Waals surface area (Å²) in [7, 11) is 0. The summed E-state index contributed by atoms with van der Waals surface area (Å²) in [5.41, 5.74) is 4.22. The Kier molecular flexibility index (Phi) is 5.08. The van der Waals surface area contributed by atoms with Gasteiger partial charge in [0, 0.05) is 29.3 Å². The molecule has 1 amide bonds. The third-order valence-corrected chi connectivity index (χ3v) is 5.51. The first-order valence-electron chi connectivity index (χ1n) is 8.23. The molecule has 1 aliphatic rings. The smallest absolute Gasteiger partial charge is 0.269 e. The minimum atomic E-state index is -0.392. The predicted molar refractivity (Wildman–Crippen MR) is 100 cm³/mol. The van der Waals surface area contributed by atoms with Crippen LogP contribution in [0, 0.1) is 24.0 Å². The molecular formula is C19H20N2O3S. The molecule has 1 heterocycles. The number of benzene rings is 2. The van der Waals surface area contributed by atoms with E-state index < -0.39 is 4.92 Å². The number of nitro benzene ring substituents is 1. The van der Waals surface area contributed by atoms with Gasteiger partial charge in [0.2, 0.25) is 5.91 Å². The summed E-state index contributed by atoms with van der Waals surface area (Å²) in [4.78, 5) is 26.1. The van der Waals surface area contributed by atoms with Gasteiger partial charge in [-0.2, -0.15) is 0 Å². The fourth-order valence-electron chi connectivity index (χ4n) is 2.98. The molecule has 0 fully saturated rings. The molecule has 2 aromatic carbocycles. The molecule has 0 aliphatic carbocycles. The molecule has 2 aromatic rings. The van der Waals surface area contributed by atoms with Gasteiger partial charge in [-0.05, 0) is 61.6 Å². The summed E-state index contributed by atoms with van der Waals surface area (Å²) in [6, 6.07) is 11.0. The number of fused-ring (bicyclic) bond motifs is 1. The molecule has 0 aromatic heterocycles. The van der Waals surface area contributed by atoms with Crippen molar-refractivity contribution in [2.75, 3.05) is 17.2 Å². The molecule has 0 radical (unpaired) electrons. The standard InChI is InChI=1S/C19H20N2O3S/c1-13-5-7-17(10-14(13)2)25-12-19(22)20-9-3-4-15-11-16(21(23)24)6-8-18(15)20/h5-8,10-11H,3-4,9,12H2,1-2H3. The van der Waals surface area contributed by atoms with Gasteiger partial charge in [0.25, 0.3) is 5.69 Å². The van der Waals surface area contributed by atoms with Crippen molar-refractivity contribution in [2.24, 2.45) is 0 Å². The average molecular weight is 356 g/mol. The topological polar surface area (TPSA) is 63.5 Å². The van der Waals surface area contributed by atoms with E-state index >= 15 is 0 Å². The second kappa shape index (κ2) is 7.27. The van der Waals surface area contributed by atoms with E-state index in [0.717, 1.165) is 29.0 Å². The summed E-state index contributed by atoms with van der Waals surface area (Å²) in [5, 5.41) is 10.9. The Morgan fingerprint density at radius 2 is 2.00 bits per heavy atom. The Labute approximate surface area is 151 Å². The number of anilines is 1. The van der Waals surface area contributed by atoms with Crippen LogP contribution in [0.25, 0.3) is 0 Å². The van der Waals surface area contributed by atoms with Gasteiger partial charge in [0.15, 0.2) is 0 Å². The largest absolute Gasteiger partial charge is 0.311 e. The SMILES string of the molecule is Cc1ccc(SCC(=O)N2CCCc3cc([N+](=O)[O-])ccc32)cc1C. The maximum atomic E-state index is 12.7. The number of amides is 1. The third kappa shape index (κ3) is 3.85. The first-order valence-corrected chi connectivity index (χ1v) is 9.22. The Bertz CT molecular complexity index is 835. The summed E-state index contributed by atoms with van der Waals surface area (Å²) in [6.45, 7) is 4.80. The fourth-order valence-corrected chi connectivity index (χ4v) is 3.85. The number of rotatable bonds is 4. The Morgan fingerprint density at radius 3 is 2.72 bits per heavy atom.